The third kappa shape index (κ3) is 5.78. The number of nitrogens with two attached hydrogens (primary N) is 1. The van der Waals surface area contributed by atoms with Crippen LogP contribution in [0.1, 0.15) is 46.5 Å². The van der Waals surface area contributed by atoms with Gasteiger partial charge in [0.1, 0.15) is 0 Å². The highest BCUT2D eigenvalue weighted by Gasteiger charge is 2.37. The Labute approximate surface area is 121 Å². The van der Waals surface area contributed by atoms with E-state index in [1.165, 1.54) is 0 Å². The first-order valence-corrected chi connectivity index (χ1v) is 6.69. The number of carbonyl (C=O) groups is 2. The van der Waals surface area contributed by atoms with E-state index in [-0.39, 0.29) is 42.7 Å². The van der Waals surface area contributed by atoms with Crippen molar-refractivity contribution in [2.24, 2.45) is 11.7 Å². The van der Waals surface area contributed by atoms with Gasteiger partial charge in [-0.3, -0.25) is 9.59 Å². The quantitative estimate of drug-likeness (QED) is 0.721. The zero-order valence-corrected chi connectivity index (χ0v) is 12.8. The highest BCUT2D eigenvalue weighted by atomic mass is 35.5. The Balaban J connectivity index is 0.00000324. The Bertz CT molecular complexity index is 319. The zero-order valence-electron chi connectivity index (χ0n) is 12.0. The van der Waals surface area contributed by atoms with Crippen LogP contribution in [0.25, 0.3) is 0 Å². The van der Waals surface area contributed by atoms with Crippen LogP contribution in [0.2, 0.25) is 0 Å². The van der Waals surface area contributed by atoms with Gasteiger partial charge >= 0.3 is 0 Å². The van der Waals surface area contributed by atoms with E-state index in [0.29, 0.717) is 0 Å². The molecule has 2 atom stereocenters. The van der Waals surface area contributed by atoms with Crippen molar-refractivity contribution in [3.63, 3.8) is 0 Å². The molecule has 1 fully saturated rings. The standard InChI is InChI=1S/C13H25N3O2.ClH/c1-9(2)16-11(17)8-15-12(18)10-6-4-5-7-13(10,3)14;/h9-10H,4-8,14H2,1-3H3,(H,15,18)(H,16,17);1H. The summed E-state index contributed by atoms with van der Waals surface area (Å²) in [5.41, 5.74) is 5.70. The molecule has 0 aromatic rings. The molecule has 0 bridgehead atoms. The van der Waals surface area contributed by atoms with E-state index in [4.69, 9.17) is 5.73 Å². The molecule has 5 nitrogen and oxygen atoms in total. The number of hydrogen-bond acceptors (Lipinski definition) is 3. The summed E-state index contributed by atoms with van der Waals surface area (Å²) in [5, 5.41) is 5.42. The first kappa shape index (κ1) is 18.2. The van der Waals surface area contributed by atoms with Gasteiger partial charge < -0.3 is 16.4 Å². The maximum atomic E-state index is 12.0. The molecule has 0 aliphatic heterocycles. The van der Waals surface area contributed by atoms with Crippen LogP contribution in [-0.2, 0) is 9.59 Å². The number of carbonyl (C=O) groups excluding carboxylic acids is 2. The van der Waals surface area contributed by atoms with Crippen LogP contribution in [-0.4, -0.2) is 29.9 Å². The van der Waals surface area contributed by atoms with E-state index in [1.54, 1.807) is 0 Å². The molecule has 0 aromatic carbocycles. The summed E-state index contributed by atoms with van der Waals surface area (Å²) in [6.07, 6.45) is 3.78. The molecular weight excluding hydrogens is 266 g/mol. The van der Waals surface area contributed by atoms with Crippen LogP contribution in [0.15, 0.2) is 0 Å². The van der Waals surface area contributed by atoms with Crippen LogP contribution < -0.4 is 16.4 Å². The third-order valence-electron chi connectivity index (χ3n) is 3.44. The molecule has 1 saturated carbocycles. The Morgan fingerprint density at radius 1 is 1.37 bits per heavy atom. The molecule has 0 heterocycles. The summed E-state index contributed by atoms with van der Waals surface area (Å²) in [4.78, 5) is 23.5. The first-order chi connectivity index (χ1) is 8.33. The number of hydrogen-bond donors (Lipinski definition) is 3. The van der Waals surface area contributed by atoms with Gasteiger partial charge in [0.25, 0.3) is 0 Å². The maximum Gasteiger partial charge on any atom is 0.239 e. The Hall–Kier alpha value is -0.810. The van der Waals surface area contributed by atoms with Gasteiger partial charge in [-0.2, -0.15) is 0 Å². The average Bonchev–Trinajstić information content (AvgIpc) is 2.24. The van der Waals surface area contributed by atoms with Gasteiger partial charge in [-0.1, -0.05) is 12.8 Å². The van der Waals surface area contributed by atoms with Crippen LogP contribution in [0.5, 0.6) is 0 Å². The molecule has 2 amide bonds. The van der Waals surface area contributed by atoms with Crippen molar-refractivity contribution < 1.29 is 9.59 Å². The number of rotatable bonds is 4. The fourth-order valence-corrected chi connectivity index (χ4v) is 2.45. The van der Waals surface area contributed by atoms with Gasteiger partial charge in [0.15, 0.2) is 0 Å². The minimum absolute atomic E-state index is 0. The lowest BCUT2D eigenvalue weighted by atomic mass is 9.74. The summed E-state index contributed by atoms with van der Waals surface area (Å²) < 4.78 is 0. The molecular formula is C13H26ClN3O2. The van der Waals surface area contributed by atoms with Gasteiger partial charge in [0.05, 0.1) is 12.5 Å². The fourth-order valence-electron chi connectivity index (χ4n) is 2.45. The van der Waals surface area contributed by atoms with Gasteiger partial charge in [-0.25, -0.2) is 0 Å². The monoisotopic (exact) mass is 291 g/mol. The minimum Gasteiger partial charge on any atom is -0.352 e. The second-order valence-corrected chi connectivity index (χ2v) is 5.74. The Kier molecular flexibility index (Phi) is 7.37. The first-order valence-electron chi connectivity index (χ1n) is 6.69. The van der Waals surface area contributed by atoms with E-state index < -0.39 is 5.54 Å². The molecule has 6 heteroatoms. The third-order valence-corrected chi connectivity index (χ3v) is 3.44. The molecule has 2 unspecified atom stereocenters. The Morgan fingerprint density at radius 3 is 2.53 bits per heavy atom. The lowest BCUT2D eigenvalue weighted by Gasteiger charge is -2.37. The SMILES string of the molecule is CC(C)NC(=O)CNC(=O)C1CCCCC1(C)N.Cl. The van der Waals surface area contributed by atoms with Crippen molar-refractivity contribution >= 4 is 24.2 Å². The highest BCUT2D eigenvalue weighted by Crippen LogP contribution is 2.31. The van der Waals surface area contributed by atoms with Crippen molar-refractivity contribution in [3.05, 3.63) is 0 Å². The highest BCUT2D eigenvalue weighted by molar-refractivity contribution is 5.86. The molecule has 0 spiro atoms. The van der Waals surface area contributed by atoms with Crippen molar-refractivity contribution in [1.82, 2.24) is 10.6 Å². The van der Waals surface area contributed by atoms with Crippen molar-refractivity contribution in [1.29, 1.82) is 0 Å². The van der Waals surface area contributed by atoms with E-state index in [2.05, 4.69) is 10.6 Å². The lowest BCUT2D eigenvalue weighted by Crippen LogP contribution is -2.54. The summed E-state index contributed by atoms with van der Waals surface area (Å²) in [5.74, 6) is -0.440. The van der Waals surface area contributed by atoms with Crippen LogP contribution >= 0.6 is 12.4 Å². The van der Waals surface area contributed by atoms with Crippen molar-refractivity contribution in [2.75, 3.05) is 6.54 Å². The summed E-state index contributed by atoms with van der Waals surface area (Å²) in [6.45, 7) is 5.73. The Morgan fingerprint density at radius 2 is 2.00 bits per heavy atom. The minimum atomic E-state index is -0.448. The molecule has 0 aromatic heterocycles. The van der Waals surface area contributed by atoms with Gasteiger partial charge in [-0.15, -0.1) is 12.4 Å². The molecule has 0 radical (unpaired) electrons. The van der Waals surface area contributed by atoms with Crippen molar-refractivity contribution in [2.45, 2.75) is 58.0 Å². The fraction of sp³-hybridized carbons (Fsp3) is 0.846. The molecule has 19 heavy (non-hydrogen) atoms. The van der Waals surface area contributed by atoms with E-state index >= 15 is 0 Å². The van der Waals surface area contributed by atoms with Gasteiger partial charge in [-0.05, 0) is 33.6 Å². The summed E-state index contributed by atoms with van der Waals surface area (Å²) in [6, 6.07) is 0.0869. The molecule has 1 rings (SSSR count). The van der Waals surface area contributed by atoms with E-state index in [1.807, 2.05) is 20.8 Å². The molecule has 1 aliphatic carbocycles. The van der Waals surface area contributed by atoms with Crippen LogP contribution in [0.4, 0.5) is 0 Å². The average molecular weight is 292 g/mol. The van der Waals surface area contributed by atoms with Crippen LogP contribution in [0.3, 0.4) is 0 Å². The largest absolute Gasteiger partial charge is 0.352 e. The maximum absolute atomic E-state index is 12.0. The molecule has 4 N–H and O–H groups in total. The second kappa shape index (κ2) is 7.70. The van der Waals surface area contributed by atoms with Gasteiger partial charge in [0.2, 0.25) is 11.8 Å². The van der Waals surface area contributed by atoms with Crippen molar-refractivity contribution in [3.8, 4) is 0 Å². The second-order valence-electron chi connectivity index (χ2n) is 5.74. The predicted molar refractivity (Wildman–Crippen MR) is 78.1 cm³/mol. The normalized spacial score (nSPS) is 26.5. The molecule has 0 saturated heterocycles. The lowest BCUT2D eigenvalue weighted by molar-refractivity contribution is -0.131. The summed E-state index contributed by atoms with van der Waals surface area (Å²) in [7, 11) is 0. The van der Waals surface area contributed by atoms with E-state index in [9.17, 15) is 9.59 Å². The zero-order chi connectivity index (χ0) is 13.8. The number of amides is 2. The number of halogens is 1. The van der Waals surface area contributed by atoms with E-state index in [0.717, 1.165) is 25.7 Å². The van der Waals surface area contributed by atoms with Gasteiger partial charge in [0, 0.05) is 11.6 Å². The molecule has 112 valence electrons. The molecule has 1 aliphatic rings. The topological polar surface area (TPSA) is 84.2 Å². The predicted octanol–water partition coefficient (Wildman–Crippen LogP) is 0.957. The summed E-state index contributed by atoms with van der Waals surface area (Å²) >= 11 is 0. The smallest absolute Gasteiger partial charge is 0.239 e. The van der Waals surface area contributed by atoms with Crippen LogP contribution in [0, 0.1) is 5.92 Å². The number of nitrogens with one attached hydrogen (secondary N) is 2.